The number of amides is 2. The van der Waals surface area contributed by atoms with Crippen LogP contribution in [0.3, 0.4) is 0 Å². The maximum atomic E-state index is 10.7. The van der Waals surface area contributed by atoms with E-state index in [0.29, 0.717) is 0 Å². The van der Waals surface area contributed by atoms with Crippen LogP contribution in [0.25, 0.3) is 0 Å². The molecule has 0 aliphatic rings. The van der Waals surface area contributed by atoms with Gasteiger partial charge in [0.2, 0.25) is 0 Å². The fourth-order valence-electron chi connectivity index (χ4n) is 0.449. The highest BCUT2D eigenvalue weighted by atomic mass is 16.3. The minimum Gasteiger partial charge on any atom is -0.394 e. The molecule has 0 fully saturated rings. The highest BCUT2D eigenvalue weighted by molar-refractivity contribution is 6.35. The van der Waals surface area contributed by atoms with E-state index >= 15 is 0 Å². The van der Waals surface area contributed by atoms with E-state index in [0.717, 1.165) is 0 Å². The molecule has 1 atom stereocenters. The fraction of sp³-hybridized carbons (Fsp3) is 0.667. The van der Waals surface area contributed by atoms with Crippen LogP contribution in [0.2, 0.25) is 0 Å². The smallest absolute Gasteiger partial charge is 0.309 e. The van der Waals surface area contributed by atoms with Crippen LogP contribution >= 0.6 is 0 Å². The van der Waals surface area contributed by atoms with E-state index < -0.39 is 11.8 Å². The molecule has 0 aliphatic heterocycles. The second-order valence-electron chi connectivity index (χ2n) is 2.14. The minimum atomic E-state index is -0.728. The Morgan fingerprint density at radius 1 is 1.45 bits per heavy atom. The zero-order chi connectivity index (χ0) is 8.85. The number of nitrogens with one attached hydrogen (secondary N) is 2. The molecular weight excluding hydrogens is 148 g/mol. The van der Waals surface area contributed by atoms with Gasteiger partial charge in [-0.15, -0.1) is 0 Å². The molecule has 0 spiro atoms. The zero-order valence-corrected chi connectivity index (χ0v) is 6.55. The van der Waals surface area contributed by atoms with E-state index in [2.05, 4.69) is 10.6 Å². The molecule has 0 heterocycles. The Kier molecular flexibility index (Phi) is 4.21. The summed E-state index contributed by atoms with van der Waals surface area (Å²) in [6.07, 6.45) is 0. The van der Waals surface area contributed by atoms with Crippen LogP contribution in [-0.2, 0) is 9.59 Å². The van der Waals surface area contributed by atoms with Crippen molar-refractivity contribution in [2.24, 2.45) is 0 Å². The van der Waals surface area contributed by atoms with Gasteiger partial charge in [0.15, 0.2) is 0 Å². The van der Waals surface area contributed by atoms with Crippen molar-refractivity contribution in [3.63, 3.8) is 0 Å². The quantitative estimate of drug-likeness (QED) is 0.418. The largest absolute Gasteiger partial charge is 0.394 e. The molecule has 1 unspecified atom stereocenters. The van der Waals surface area contributed by atoms with E-state index in [1.807, 2.05) is 0 Å². The van der Waals surface area contributed by atoms with Gasteiger partial charge in [0.25, 0.3) is 0 Å². The third kappa shape index (κ3) is 3.57. The Morgan fingerprint density at radius 2 is 2.00 bits per heavy atom. The first kappa shape index (κ1) is 9.90. The van der Waals surface area contributed by atoms with E-state index in [1.165, 1.54) is 7.05 Å². The van der Waals surface area contributed by atoms with Crippen molar-refractivity contribution in [1.82, 2.24) is 10.6 Å². The molecule has 0 saturated carbocycles. The molecular formula is C6H12N2O3. The molecule has 0 radical (unpaired) electrons. The van der Waals surface area contributed by atoms with Gasteiger partial charge in [-0.2, -0.15) is 0 Å². The number of rotatable bonds is 2. The zero-order valence-electron chi connectivity index (χ0n) is 6.55. The Bertz CT molecular complexity index is 158. The monoisotopic (exact) mass is 160 g/mol. The van der Waals surface area contributed by atoms with Crippen LogP contribution in [0.4, 0.5) is 0 Å². The Hall–Kier alpha value is -1.10. The molecule has 5 heteroatoms. The van der Waals surface area contributed by atoms with Crippen molar-refractivity contribution in [3.05, 3.63) is 0 Å². The first-order valence-electron chi connectivity index (χ1n) is 3.25. The number of hydrogen-bond donors (Lipinski definition) is 3. The summed E-state index contributed by atoms with van der Waals surface area (Å²) in [4.78, 5) is 21.3. The second-order valence-corrected chi connectivity index (χ2v) is 2.14. The van der Waals surface area contributed by atoms with E-state index in [4.69, 9.17) is 5.11 Å². The van der Waals surface area contributed by atoms with Gasteiger partial charge >= 0.3 is 11.8 Å². The third-order valence-corrected chi connectivity index (χ3v) is 1.08. The normalized spacial score (nSPS) is 11.9. The summed E-state index contributed by atoms with van der Waals surface area (Å²) < 4.78 is 0. The average molecular weight is 160 g/mol. The molecule has 64 valence electrons. The van der Waals surface area contributed by atoms with Gasteiger partial charge in [0.1, 0.15) is 0 Å². The predicted octanol–water partition coefficient (Wildman–Crippen LogP) is -1.77. The fourth-order valence-corrected chi connectivity index (χ4v) is 0.449. The lowest BCUT2D eigenvalue weighted by Gasteiger charge is -2.08. The molecule has 5 nitrogen and oxygen atoms in total. The van der Waals surface area contributed by atoms with Crippen molar-refractivity contribution in [1.29, 1.82) is 0 Å². The summed E-state index contributed by atoms with van der Waals surface area (Å²) in [5, 5.41) is 12.9. The van der Waals surface area contributed by atoms with Crippen molar-refractivity contribution in [3.8, 4) is 0 Å². The number of hydrogen-bond acceptors (Lipinski definition) is 3. The van der Waals surface area contributed by atoms with Gasteiger partial charge < -0.3 is 15.7 Å². The summed E-state index contributed by atoms with van der Waals surface area (Å²) in [6, 6.07) is -0.389. The van der Waals surface area contributed by atoms with Crippen molar-refractivity contribution >= 4 is 11.8 Å². The lowest BCUT2D eigenvalue weighted by molar-refractivity contribution is -0.139. The van der Waals surface area contributed by atoms with Crippen LogP contribution < -0.4 is 10.6 Å². The van der Waals surface area contributed by atoms with Gasteiger partial charge in [0, 0.05) is 13.1 Å². The first-order chi connectivity index (χ1) is 5.11. The lowest BCUT2D eigenvalue weighted by atomic mass is 10.3. The maximum Gasteiger partial charge on any atom is 0.309 e. The standard InChI is InChI=1S/C6H12N2O3/c1-4(3-9)8-6(11)5(10)7-2/h4,9H,3H2,1-2H3,(H,7,10)(H,8,11). The summed E-state index contributed by atoms with van der Waals surface area (Å²) in [5.74, 6) is -1.43. The molecule has 0 rings (SSSR count). The van der Waals surface area contributed by atoms with Gasteiger partial charge in [-0.3, -0.25) is 9.59 Å². The Labute approximate surface area is 64.8 Å². The number of aliphatic hydroxyl groups is 1. The number of carbonyl (C=O) groups excluding carboxylic acids is 2. The van der Waals surface area contributed by atoms with Crippen LogP contribution in [0, 0.1) is 0 Å². The van der Waals surface area contributed by atoms with Gasteiger partial charge in [-0.1, -0.05) is 0 Å². The number of aliphatic hydroxyl groups excluding tert-OH is 1. The molecule has 2 amide bonds. The summed E-state index contributed by atoms with van der Waals surface area (Å²) in [7, 11) is 1.37. The van der Waals surface area contributed by atoms with Crippen LogP contribution in [0.15, 0.2) is 0 Å². The highest BCUT2D eigenvalue weighted by Crippen LogP contribution is 1.77. The van der Waals surface area contributed by atoms with E-state index in [1.54, 1.807) is 6.92 Å². The van der Waals surface area contributed by atoms with Gasteiger partial charge in [-0.05, 0) is 6.92 Å². The number of likely N-dealkylation sites (N-methyl/N-ethyl adjacent to an activating group) is 1. The highest BCUT2D eigenvalue weighted by Gasteiger charge is 2.12. The minimum absolute atomic E-state index is 0.178. The Morgan fingerprint density at radius 3 is 2.36 bits per heavy atom. The molecule has 0 aliphatic carbocycles. The van der Waals surface area contributed by atoms with Crippen LogP contribution in [0.1, 0.15) is 6.92 Å². The summed E-state index contributed by atoms with van der Waals surface area (Å²) in [5.41, 5.74) is 0. The van der Waals surface area contributed by atoms with E-state index in [9.17, 15) is 9.59 Å². The van der Waals surface area contributed by atoms with Crippen molar-refractivity contribution < 1.29 is 14.7 Å². The Balaban J connectivity index is 3.77. The molecule has 0 aromatic rings. The maximum absolute atomic E-state index is 10.7. The van der Waals surface area contributed by atoms with Gasteiger partial charge in [-0.25, -0.2) is 0 Å². The van der Waals surface area contributed by atoms with Crippen LogP contribution in [-0.4, -0.2) is 36.6 Å². The first-order valence-corrected chi connectivity index (χ1v) is 3.25. The average Bonchev–Trinajstić information content (AvgIpc) is 2.02. The summed E-state index contributed by atoms with van der Waals surface area (Å²) >= 11 is 0. The van der Waals surface area contributed by atoms with E-state index in [-0.39, 0.29) is 12.6 Å². The summed E-state index contributed by atoms with van der Waals surface area (Å²) in [6.45, 7) is 1.42. The molecule has 11 heavy (non-hydrogen) atoms. The predicted molar refractivity (Wildman–Crippen MR) is 38.8 cm³/mol. The number of carbonyl (C=O) groups is 2. The molecule has 0 saturated heterocycles. The molecule has 0 aromatic carbocycles. The topological polar surface area (TPSA) is 78.4 Å². The lowest BCUT2D eigenvalue weighted by Crippen LogP contribution is -2.43. The van der Waals surface area contributed by atoms with Crippen LogP contribution in [0.5, 0.6) is 0 Å². The molecule has 0 aromatic heterocycles. The van der Waals surface area contributed by atoms with Crippen molar-refractivity contribution in [2.75, 3.05) is 13.7 Å². The third-order valence-electron chi connectivity index (χ3n) is 1.08. The van der Waals surface area contributed by atoms with Gasteiger partial charge in [0.05, 0.1) is 6.61 Å². The molecule has 3 N–H and O–H groups in total. The SMILES string of the molecule is CNC(=O)C(=O)NC(C)CO. The van der Waals surface area contributed by atoms with Crippen molar-refractivity contribution in [2.45, 2.75) is 13.0 Å². The molecule has 0 bridgehead atoms. The second kappa shape index (κ2) is 4.68.